The Balaban J connectivity index is 4.11. The summed E-state index contributed by atoms with van der Waals surface area (Å²) < 4.78 is 0. The number of amides is 1. The minimum atomic E-state index is -0.935. The van der Waals surface area contributed by atoms with Gasteiger partial charge < -0.3 is 20.6 Å². The summed E-state index contributed by atoms with van der Waals surface area (Å²) in [4.78, 5) is 50.5. The van der Waals surface area contributed by atoms with E-state index in [0.29, 0.717) is 45.8 Å². The Labute approximate surface area is 215 Å². The van der Waals surface area contributed by atoms with E-state index in [1.807, 2.05) is 18.7 Å². The van der Waals surface area contributed by atoms with E-state index in [2.05, 4.69) is 5.32 Å². The molecule has 0 aliphatic rings. The highest BCUT2D eigenvalue weighted by molar-refractivity contribution is 5.78. The smallest absolute Gasteiger partial charge is 0.317 e. The first-order chi connectivity index (χ1) is 17.2. The molecule has 210 valence electrons. The van der Waals surface area contributed by atoms with Crippen molar-refractivity contribution >= 4 is 23.8 Å². The summed E-state index contributed by atoms with van der Waals surface area (Å²) in [6, 6.07) is 0. The molecule has 0 rings (SSSR count). The van der Waals surface area contributed by atoms with Crippen LogP contribution in [0.1, 0.15) is 71.6 Å². The number of hydrogen-bond donors (Lipinski definition) is 4. The molecule has 0 unspecified atom stereocenters. The van der Waals surface area contributed by atoms with Gasteiger partial charge in [-0.05, 0) is 25.9 Å². The molecule has 0 fully saturated rings. The fraction of sp³-hybridized carbons (Fsp3) is 0.840. The molecular formula is C25H48N4O7. The van der Waals surface area contributed by atoms with Gasteiger partial charge in [0.15, 0.2) is 0 Å². The molecule has 0 heterocycles. The number of unbranched alkanes of at least 4 members (excludes halogenated alkanes) is 7. The van der Waals surface area contributed by atoms with E-state index < -0.39 is 17.9 Å². The number of carboxylic acids is 3. The molecule has 11 heteroatoms. The lowest BCUT2D eigenvalue weighted by atomic mass is 10.1. The zero-order valence-electron chi connectivity index (χ0n) is 22.3. The first-order valence-electron chi connectivity index (χ1n) is 13.3. The first-order valence-corrected chi connectivity index (χ1v) is 13.3. The van der Waals surface area contributed by atoms with Gasteiger partial charge in [-0.25, -0.2) is 0 Å². The lowest BCUT2D eigenvalue weighted by Crippen LogP contribution is -2.44. The monoisotopic (exact) mass is 516 g/mol. The molecule has 0 aliphatic heterocycles. The number of nitrogens with zero attached hydrogens (tertiary/aromatic N) is 3. The Hall–Kier alpha value is -2.24. The van der Waals surface area contributed by atoms with Crippen molar-refractivity contribution in [3.05, 3.63) is 0 Å². The minimum Gasteiger partial charge on any atom is -0.481 e. The highest BCUT2D eigenvalue weighted by Crippen LogP contribution is 2.09. The average molecular weight is 517 g/mol. The summed E-state index contributed by atoms with van der Waals surface area (Å²) in [5, 5.41) is 29.8. The summed E-state index contributed by atoms with van der Waals surface area (Å²) in [6.07, 6.45) is 8.36. The molecule has 0 aromatic heterocycles. The zero-order chi connectivity index (χ0) is 27.2. The SMILES string of the molecule is CCN(CCN(CCN(CC)CC(=O)NCCCCCCCCCCC(=O)O)CC(=O)O)CC(=O)O. The van der Waals surface area contributed by atoms with Crippen LogP contribution in [0.2, 0.25) is 0 Å². The van der Waals surface area contributed by atoms with E-state index in [-0.39, 0.29) is 32.0 Å². The van der Waals surface area contributed by atoms with Gasteiger partial charge in [-0.15, -0.1) is 0 Å². The molecule has 1 amide bonds. The number of aliphatic carboxylic acids is 3. The number of likely N-dealkylation sites (N-methyl/N-ethyl adjacent to an activating group) is 2. The second-order valence-electron chi connectivity index (χ2n) is 9.12. The van der Waals surface area contributed by atoms with Crippen molar-refractivity contribution in [1.29, 1.82) is 0 Å². The Bertz CT molecular complexity index is 634. The van der Waals surface area contributed by atoms with Crippen LogP contribution in [-0.4, -0.2) is 119 Å². The van der Waals surface area contributed by atoms with Crippen molar-refractivity contribution in [2.24, 2.45) is 0 Å². The number of nitrogens with one attached hydrogen (secondary N) is 1. The molecule has 0 saturated carbocycles. The Morgan fingerprint density at radius 3 is 1.44 bits per heavy atom. The largest absolute Gasteiger partial charge is 0.481 e. The fourth-order valence-electron chi connectivity index (χ4n) is 3.86. The molecule has 11 nitrogen and oxygen atoms in total. The third kappa shape index (κ3) is 21.1. The van der Waals surface area contributed by atoms with Crippen LogP contribution >= 0.6 is 0 Å². The van der Waals surface area contributed by atoms with Gasteiger partial charge in [0, 0.05) is 39.1 Å². The van der Waals surface area contributed by atoms with Gasteiger partial charge in [0.25, 0.3) is 0 Å². The van der Waals surface area contributed by atoms with E-state index in [4.69, 9.17) is 10.2 Å². The van der Waals surface area contributed by atoms with E-state index in [0.717, 1.165) is 51.4 Å². The third-order valence-corrected chi connectivity index (χ3v) is 6.08. The Morgan fingerprint density at radius 2 is 0.972 bits per heavy atom. The predicted molar refractivity (Wildman–Crippen MR) is 138 cm³/mol. The van der Waals surface area contributed by atoms with Crippen molar-refractivity contribution in [2.75, 3.05) is 65.4 Å². The number of carboxylic acid groups (broad SMARTS) is 3. The van der Waals surface area contributed by atoms with Crippen LogP contribution in [0.3, 0.4) is 0 Å². The fourth-order valence-corrected chi connectivity index (χ4v) is 3.86. The van der Waals surface area contributed by atoms with Crippen LogP contribution in [-0.2, 0) is 19.2 Å². The van der Waals surface area contributed by atoms with Crippen LogP contribution in [0, 0.1) is 0 Å². The van der Waals surface area contributed by atoms with E-state index in [1.54, 1.807) is 9.80 Å². The number of carbonyl (C=O) groups excluding carboxylic acids is 1. The summed E-state index contributed by atoms with van der Waals surface area (Å²) in [5.74, 6) is -2.61. The van der Waals surface area contributed by atoms with Crippen molar-refractivity contribution in [3.8, 4) is 0 Å². The van der Waals surface area contributed by atoms with Crippen molar-refractivity contribution in [1.82, 2.24) is 20.0 Å². The molecule has 0 aromatic rings. The van der Waals surface area contributed by atoms with Gasteiger partial charge in [-0.1, -0.05) is 52.4 Å². The van der Waals surface area contributed by atoms with E-state index in [9.17, 15) is 24.3 Å². The zero-order valence-corrected chi connectivity index (χ0v) is 22.3. The van der Waals surface area contributed by atoms with Gasteiger partial charge in [0.1, 0.15) is 0 Å². The summed E-state index contributed by atoms with van der Waals surface area (Å²) in [5.41, 5.74) is 0. The van der Waals surface area contributed by atoms with Gasteiger partial charge in [0.2, 0.25) is 5.91 Å². The van der Waals surface area contributed by atoms with Gasteiger partial charge in [-0.2, -0.15) is 0 Å². The summed E-state index contributed by atoms with van der Waals surface area (Å²) in [6.45, 7) is 7.70. The van der Waals surface area contributed by atoms with Gasteiger partial charge in [0.05, 0.1) is 19.6 Å². The first kappa shape index (κ1) is 33.8. The lowest BCUT2D eigenvalue weighted by molar-refractivity contribution is -0.140. The van der Waals surface area contributed by atoms with Crippen LogP contribution in [0.4, 0.5) is 0 Å². The number of carbonyl (C=O) groups is 4. The van der Waals surface area contributed by atoms with Gasteiger partial charge >= 0.3 is 17.9 Å². The molecule has 0 aromatic carbocycles. The van der Waals surface area contributed by atoms with Crippen molar-refractivity contribution in [2.45, 2.75) is 71.6 Å². The maximum absolute atomic E-state index is 12.3. The maximum atomic E-state index is 12.3. The summed E-state index contributed by atoms with van der Waals surface area (Å²) in [7, 11) is 0. The maximum Gasteiger partial charge on any atom is 0.317 e. The molecule has 0 atom stereocenters. The normalized spacial score (nSPS) is 11.4. The quantitative estimate of drug-likeness (QED) is 0.132. The second-order valence-corrected chi connectivity index (χ2v) is 9.12. The topological polar surface area (TPSA) is 151 Å². The van der Waals surface area contributed by atoms with E-state index in [1.165, 1.54) is 0 Å². The molecular weight excluding hydrogens is 468 g/mol. The second kappa shape index (κ2) is 22.0. The molecule has 0 aliphatic carbocycles. The standard InChI is InChI=1S/C25H48N4O7/c1-3-27(15-17-29(21-25(35)36)18-16-28(4-2)20-24(33)34)19-22(30)26-14-12-10-8-6-5-7-9-11-13-23(31)32/h3-21H2,1-2H3,(H,26,30)(H,31,32)(H,33,34)(H,35,36). The highest BCUT2D eigenvalue weighted by atomic mass is 16.4. The van der Waals surface area contributed by atoms with Crippen LogP contribution in [0.5, 0.6) is 0 Å². The molecule has 0 radical (unpaired) electrons. The summed E-state index contributed by atoms with van der Waals surface area (Å²) >= 11 is 0. The molecule has 0 bridgehead atoms. The van der Waals surface area contributed by atoms with E-state index >= 15 is 0 Å². The van der Waals surface area contributed by atoms with Crippen molar-refractivity contribution in [3.63, 3.8) is 0 Å². The molecule has 36 heavy (non-hydrogen) atoms. The minimum absolute atomic E-state index is 0.0429. The Kier molecular flexibility index (Phi) is 20.6. The van der Waals surface area contributed by atoms with Crippen LogP contribution in [0.15, 0.2) is 0 Å². The Morgan fingerprint density at radius 1 is 0.556 bits per heavy atom. The molecule has 0 spiro atoms. The highest BCUT2D eigenvalue weighted by Gasteiger charge is 2.15. The van der Waals surface area contributed by atoms with Crippen LogP contribution in [0.25, 0.3) is 0 Å². The number of rotatable bonds is 25. The molecule has 4 N–H and O–H groups in total. The van der Waals surface area contributed by atoms with Gasteiger partial charge in [-0.3, -0.25) is 33.9 Å². The average Bonchev–Trinajstić information content (AvgIpc) is 2.81. The lowest BCUT2D eigenvalue weighted by Gasteiger charge is -2.27. The molecule has 0 saturated heterocycles. The van der Waals surface area contributed by atoms with Crippen LogP contribution < -0.4 is 5.32 Å². The van der Waals surface area contributed by atoms with Crippen molar-refractivity contribution < 1.29 is 34.5 Å². The third-order valence-electron chi connectivity index (χ3n) is 6.08. The predicted octanol–water partition coefficient (Wildman–Crippen LogP) is 1.81. The number of hydrogen-bond acceptors (Lipinski definition) is 7.